The summed E-state index contributed by atoms with van der Waals surface area (Å²) in [5.41, 5.74) is -0.754. The third kappa shape index (κ3) is 5.32. The minimum Gasteiger partial charge on any atom is -0.413 e. The lowest BCUT2D eigenvalue weighted by Crippen LogP contribution is -2.78. The maximum Gasteiger partial charge on any atom is 0.219 e. The zero-order valence-corrected chi connectivity index (χ0v) is 30.7. The first-order valence-corrected chi connectivity index (χ1v) is 24.3. The normalized spacial score (nSPS) is 38.4. The zero-order valence-electron chi connectivity index (χ0n) is 27.7. The Morgan fingerprint density at radius 2 is 1.38 bits per heavy atom. The van der Waals surface area contributed by atoms with E-state index in [4.69, 9.17) is 32.5 Å². The highest BCUT2D eigenvalue weighted by Crippen LogP contribution is 2.63. The lowest BCUT2D eigenvalue weighted by atomic mass is 9.53. The molecule has 1 saturated carbocycles. The van der Waals surface area contributed by atoms with Gasteiger partial charge in [-0.3, -0.25) is 0 Å². The third-order valence-corrected chi connectivity index (χ3v) is 26.0. The fraction of sp³-hybridized carbons (Fsp3) is 1.00. The standard InChI is InChI=1S/C30H60O7Si3/c1-13-39(14-2,15-3)36-26-27-32-25(33-34-27)19-22-29(26,10)23(35-38(11,12)28(7,8)9)20-24-30(22,21-31-24)37-40(16-4,17-5)18-6/h22-27H,13-21H2,1-12H3/t22-,23-,24+,25-,26-,27+,29-,30+/m0/s1. The monoisotopic (exact) mass is 616 g/mol. The van der Waals surface area contributed by atoms with E-state index in [0.717, 1.165) is 42.7 Å². The summed E-state index contributed by atoms with van der Waals surface area (Å²) < 4.78 is 35.4. The van der Waals surface area contributed by atoms with Gasteiger partial charge in [0.05, 0.1) is 18.8 Å². The van der Waals surface area contributed by atoms with Crippen LogP contribution in [0.1, 0.15) is 82.1 Å². The summed E-state index contributed by atoms with van der Waals surface area (Å²) in [6.07, 6.45) is 0.188. The molecule has 3 aliphatic heterocycles. The van der Waals surface area contributed by atoms with Crippen LogP contribution in [0.3, 0.4) is 0 Å². The van der Waals surface area contributed by atoms with Gasteiger partial charge < -0.3 is 22.8 Å². The van der Waals surface area contributed by atoms with Crippen molar-refractivity contribution in [3.05, 3.63) is 0 Å². The predicted octanol–water partition coefficient (Wildman–Crippen LogP) is 7.99. The van der Waals surface area contributed by atoms with Gasteiger partial charge in [-0.25, -0.2) is 4.89 Å². The Bertz CT molecular complexity index is 857. The molecule has 3 saturated heterocycles. The smallest absolute Gasteiger partial charge is 0.219 e. The first kappa shape index (κ1) is 33.3. The van der Waals surface area contributed by atoms with Crippen LogP contribution < -0.4 is 0 Å². The van der Waals surface area contributed by atoms with Gasteiger partial charge in [0.2, 0.25) is 6.29 Å². The van der Waals surface area contributed by atoms with Crippen molar-refractivity contribution in [2.24, 2.45) is 11.3 Å². The largest absolute Gasteiger partial charge is 0.413 e. The Labute approximate surface area is 248 Å². The third-order valence-electron chi connectivity index (χ3n) is 12.2. The number of ether oxygens (including phenoxy) is 2. The minimum absolute atomic E-state index is 0.0144. The number of hydrogen-bond acceptors (Lipinski definition) is 7. The summed E-state index contributed by atoms with van der Waals surface area (Å²) in [7, 11) is -6.14. The van der Waals surface area contributed by atoms with Gasteiger partial charge >= 0.3 is 0 Å². The number of rotatable bonds is 12. The molecule has 234 valence electrons. The van der Waals surface area contributed by atoms with Gasteiger partial charge in [0.25, 0.3) is 0 Å². The molecule has 0 aromatic carbocycles. The van der Waals surface area contributed by atoms with E-state index in [1.807, 2.05) is 0 Å². The first-order chi connectivity index (χ1) is 18.6. The van der Waals surface area contributed by atoms with Crippen molar-refractivity contribution in [2.45, 2.75) is 173 Å². The fourth-order valence-corrected chi connectivity index (χ4v) is 15.1. The van der Waals surface area contributed by atoms with E-state index in [1.165, 1.54) is 0 Å². The molecule has 0 unspecified atom stereocenters. The van der Waals surface area contributed by atoms with Gasteiger partial charge in [-0.2, -0.15) is 4.89 Å². The van der Waals surface area contributed by atoms with Crippen molar-refractivity contribution in [3.63, 3.8) is 0 Å². The molecule has 0 N–H and O–H groups in total. The lowest BCUT2D eigenvalue weighted by molar-refractivity contribution is -0.366. The molecule has 40 heavy (non-hydrogen) atoms. The Morgan fingerprint density at radius 3 is 1.85 bits per heavy atom. The fourth-order valence-electron chi connectivity index (χ4n) is 7.70. The SMILES string of the molecule is CC[Si](CC)(CC)O[C@H]1[C@H]2OO[C@@H](C[C@@H]3[C@]4(O[Si](CC)(CC)CC)CO[C@@H]4C[C@H](O[Si](C)(C)C(C)(C)C)[C@]31C)O2. The van der Waals surface area contributed by atoms with Crippen molar-refractivity contribution >= 4 is 25.0 Å². The van der Waals surface area contributed by atoms with Crippen LogP contribution in [-0.2, 0) is 32.5 Å². The molecule has 4 fully saturated rings. The van der Waals surface area contributed by atoms with Gasteiger partial charge in [0.1, 0.15) is 11.7 Å². The van der Waals surface area contributed by atoms with Crippen molar-refractivity contribution in [1.82, 2.24) is 0 Å². The molecule has 0 spiro atoms. The van der Waals surface area contributed by atoms with E-state index in [2.05, 4.69) is 82.3 Å². The topological polar surface area (TPSA) is 64.6 Å². The molecule has 0 amide bonds. The van der Waals surface area contributed by atoms with E-state index in [9.17, 15) is 0 Å². The predicted molar refractivity (Wildman–Crippen MR) is 167 cm³/mol. The van der Waals surface area contributed by atoms with Crippen molar-refractivity contribution in [2.75, 3.05) is 6.61 Å². The van der Waals surface area contributed by atoms with E-state index >= 15 is 0 Å². The van der Waals surface area contributed by atoms with Crippen LogP contribution in [0.2, 0.25) is 54.4 Å². The highest BCUT2D eigenvalue weighted by Gasteiger charge is 2.73. The molecular weight excluding hydrogens is 557 g/mol. The summed E-state index contributed by atoms with van der Waals surface area (Å²) in [6, 6.07) is 6.52. The lowest BCUT2D eigenvalue weighted by Gasteiger charge is -2.68. The summed E-state index contributed by atoms with van der Waals surface area (Å²) in [5.74, 6) is 0.111. The van der Waals surface area contributed by atoms with Crippen LogP contribution in [-0.4, -0.2) is 68.1 Å². The average molecular weight is 617 g/mol. The molecule has 3 heterocycles. The Balaban J connectivity index is 1.88. The second kappa shape index (κ2) is 11.7. The minimum atomic E-state index is -2.13. The van der Waals surface area contributed by atoms with E-state index < -0.39 is 37.5 Å². The van der Waals surface area contributed by atoms with Crippen LogP contribution in [0, 0.1) is 11.3 Å². The van der Waals surface area contributed by atoms with Crippen LogP contribution >= 0.6 is 0 Å². The summed E-state index contributed by atoms with van der Waals surface area (Å²) in [4.78, 5) is 11.8. The molecule has 10 heteroatoms. The van der Waals surface area contributed by atoms with Gasteiger partial charge in [-0.05, 0) is 54.4 Å². The molecule has 2 bridgehead atoms. The van der Waals surface area contributed by atoms with Crippen molar-refractivity contribution in [3.8, 4) is 0 Å². The Kier molecular flexibility index (Phi) is 9.74. The van der Waals surface area contributed by atoms with Gasteiger partial charge in [-0.1, -0.05) is 69.2 Å². The summed E-state index contributed by atoms with van der Waals surface area (Å²) in [6.45, 7) is 28.6. The quantitative estimate of drug-likeness (QED) is 0.163. The highest BCUT2D eigenvalue weighted by molar-refractivity contribution is 6.74. The van der Waals surface area contributed by atoms with E-state index in [1.54, 1.807) is 0 Å². The van der Waals surface area contributed by atoms with Gasteiger partial charge in [0.15, 0.2) is 31.2 Å². The Morgan fingerprint density at radius 1 is 0.800 bits per heavy atom. The number of hydrogen-bond donors (Lipinski definition) is 0. The second-order valence-corrected chi connectivity index (χ2v) is 28.9. The van der Waals surface area contributed by atoms with Gasteiger partial charge in [0, 0.05) is 24.2 Å². The van der Waals surface area contributed by atoms with E-state index in [0.29, 0.717) is 13.0 Å². The molecule has 0 radical (unpaired) electrons. The second-order valence-electron chi connectivity index (χ2n) is 14.8. The molecule has 8 atom stereocenters. The molecular formula is C30H60O7Si3. The van der Waals surface area contributed by atoms with Gasteiger partial charge in [-0.15, -0.1) is 0 Å². The Hall–Kier alpha value is 0.371. The molecule has 0 aromatic heterocycles. The number of fused-ring (bicyclic) bond motifs is 5. The maximum atomic E-state index is 7.59. The van der Waals surface area contributed by atoms with Crippen LogP contribution in [0.25, 0.3) is 0 Å². The molecule has 0 aromatic rings. The first-order valence-electron chi connectivity index (χ1n) is 16.3. The maximum absolute atomic E-state index is 7.59. The van der Waals surface area contributed by atoms with Crippen LogP contribution in [0.4, 0.5) is 0 Å². The van der Waals surface area contributed by atoms with Crippen molar-refractivity contribution < 1.29 is 32.5 Å². The highest BCUT2D eigenvalue weighted by atomic mass is 28.4. The molecule has 7 nitrogen and oxygen atoms in total. The summed E-state index contributed by atoms with van der Waals surface area (Å²) >= 11 is 0. The molecule has 1 aliphatic carbocycles. The molecule has 4 aliphatic rings. The van der Waals surface area contributed by atoms with E-state index in [-0.39, 0.29) is 40.3 Å². The summed E-state index contributed by atoms with van der Waals surface area (Å²) in [5, 5.41) is 0.0873. The van der Waals surface area contributed by atoms with Crippen molar-refractivity contribution in [1.29, 1.82) is 0 Å². The van der Waals surface area contributed by atoms with Crippen LogP contribution in [0.15, 0.2) is 0 Å². The van der Waals surface area contributed by atoms with Crippen LogP contribution in [0.5, 0.6) is 0 Å². The average Bonchev–Trinajstić information content (AvgIpc) is 3.33. The zero-order chi connectivity index (χ0) is 29.8. The molecule has 4 rings (SSSR count).